The quantitative estimate of drug-likeness (QED) is 0.302. The summed E-state index contributed by atoms with van der Waals surface area (Å²) in [4.78, 5) is 0. The number of rotatable bonds is 6. The number of hydrogen-bond acceptors (Lipinski definition) is 5. The molecule has 0 radical (unpaired) electrons. The molecule has 8 heteroatoms. The highest BCUT2D eigenvalue weighted by Gasteiger charge is 2.35. The van der Waals surface area contributed by atoms with Crippen LogP contribution < -0.4 is 4.74 Å². The Kier molecular flexibility index (Phi) is 7.75. The fourth-order valence-electron chi connectivity index (χ4n) is 4.02. The maximum absolute atomic E-state index is 13.5. The Hall–Kier alpha value is -1.82. The third-order valence-corrected chi connectivity index (χ3v) is 8.41. The van der Waals surface area contributed by atoms with Crippen LogP contribution in [0.1, 0.15) is 54.5 Å². The highest BCUT2D eigenvalue weighted by atomic mass is 79.9. The zero-order valence-corrected chi connectivity index (χ0v) is 22.5. The fraction of sp³-hybridized carbons (Fsp3) is 0.308. The van der Waals surface area contributed by atoms with Crippen molar-refractivity contribution in [3.05, 3.63) is 86.3 Å². The van der Waals surface area contributed by atoms with Gasteiger partial charge in [0.2, 0.25) is 0 Å². The summed E-state index contributed by atoms with van der Waals surface area (Å²) in [5.41, 5.74) is 3.41. The Morgan fingerprint density at radius 3 is 2.71 bits per heavy atom. The fourth-order valence-corrected chi connectivity index (χ4v) is 6.76. The number of hydrogen-bond donors (Lipinski definition) is 1. The van der Waals surface area contributed by atoms with Gasteiger partial charge in [-0.15, -0.1) is 0 Å². The summed E-state index contributed by atoms with van der Waals surface area (Å²) in [6.07, 6.45) is 0.445. The first-order chi connectivity index (χ1) is 16.1. The van der Waals surface area contributed by atoms with Gasteiger partial charge in [-0.1, -0.05) is 43.6 Å². The monoisotopic (exact) mass is 564 g/mol. The van der Waals surface area contributed by atoms with Crippen LogP contribution in [0.2, 0.25) is 5.02 Å². The predicted molar refractivity (Wildman–Crippen MR) is 138 cm³/mol. The van der Waals surface area contributed by atoms with Gasteiger partial charge < -0.3 is 18.9 Å². The van der Waals surface area contributed by atoms with Crippen LogP contribution in [0, 0.1) is 6.92 Å². The first kappa shape index (κ1) is 25.3. The molecule has 1 heterocycles. The topological polar surface area (TPSA) is 65.0 Å². The number of ether oxygens (including phenoxy) is 1. The molecule has 2 atom stereocenters. The molecule has 0 aliphatic carbocycles. The van der Waals surface area contributed by atoms with E-state index in [-0.39, 0.29) is 23.9 Å². The summed E-state index contributed by atoms with van der Waals surface area (Å²) >= 11 is 9.71. The average Bonchev–Trinajstić information content (AvgIpc) is 2.77. The number of aryl methyl sites for hydroxylation is 1. The van der Waals surface area contributed by atoms with E-state index >= 15 is 0 Å². The van der Waals surface area contributed by atoms with Crippen LogP contribution in [0.25, 0.3) is 0 Å². The van der Waals surface area contributed by atoms with Crippen molar-refractivity contribution in [3.8, 4) is 17.2 Å². The van der Waals surface area contributed by atoms with Crippen LogP contribution in [-0.4, -0.2) is 11.7 Å². The van der Waals surface area contributed by atoms with E-state index in [1.807, 2.05) is 57.2 Å². The summed E-state index contributed by atoms with van der Waals surface area (Å²) in [6, 6.07) is 16.4. The van der Waals surface area contributed by atoms with E-state index in [0.717, 1.165) is 26.7 Å². The van der Waals surface area contributed by atoms with Crippen molar-refractivity contribution in [2.75, 3.05) is 6.61 Å². The van der Waals surface area contributed by atoms with Crippen LogP contribution in [0.4, 0.5) is 0 Å². The summed E-state index contributed by atoms with van der Waals surface area (Å²) in [6.45, 7) is 6.32. The molecule has 4 rings (SSSR count). The Labute approximate surface area is 213 Å². The van der Waals surface area contributed by atoms with Crippen molar-refractivity contribution >= 4 is 35.1 Å². The van der Waals surface area contributed by atoms with Gasteiger partial charge in [0.25, 0.3) is 0 Å². The minimum absolute atomic E-state index is 0.153. The minimum Gasteiger partial charge on any atom is -0.508 e. The molecule has 34 heavy (non-hydrogen) atoms. The van der Waals surface area contributed by atoms with Gasteiger partial charge >= 0.3 is 7.60 Å². The second kappa shape index (κ2) is 10.4. The number of aromatic hydroxyl groups is 1. The molecular formula is C26H27BrClO5P. The summed E-state index contributed by atoms with van der Waals surface area (Å²) in [5, 5.41) is 10.7. The van der Waals surface area contributed by atoms with Crippen molar-refractivity contribution in [1.29, 1.82) is 0 Å². The van der Waals surface area contributed by atoms with Gasteiger partial charge in [0.05, 0.1) is 23.3 Å². The lowest BCUT2D eigenvalue weighted by atomic mass is 10.0. The largest absolute Gasteiger partial charge is 0.508 e. The lowest BCUT2D eigenvalue weighted by molar-refractivity contribution is 0.0806. The highest BCUT2D eigenvalue weighted by Crippen LogP contribution is 2.58. The standard InChI is InChI=1S/C26H27BrClO5P/c1-16(2)22-14-21(7-8-24(22)29)32-26-17(3)11-18(12-23(26)27)15-34(30)31-10-9-25(33-34)19-5-4-6-20(28)13-19/h4-8,11-14,16,25,29H,9-10,15H2,1-3H3/t25-,34+/m0/s1. The Morgan fingerprint density at radius 1 is 1.21 bits per heavy atom. The predicted octanol–water partition coefficient (Wildman–Crippen LogP) is 8.90. The Balaban J connectivity index is 1.53. The van der Waals surface area contributed by atoms with E-state index in [2.05, 4.69) is 15.9 Å². The smallest absolute Gasteiger partial charge is 0.335 e. The van der Waals surface area contributed by atoms with E-state index in [1.54, 1.807) is 18.2 Å². The highest BCUT2D eigenvalue weighted by molar-refractivity contribution is 9.10. The normalized spacial score (nSPS) is 20.5. The molecular weight excluding hydrogens is 539 g/mol. The van der Waals surface area contributed by atoms with Gasteiger partial charge in [0, 0.05) is 17.0 Å². The molecule has 0 bridgehead atoms. The molecule has 0 spiro atoms. The van der Waals surface area contributed by atoms with Crippen LogP contribution >= 0.6 is 35.1 Å². The number of halogens is 2. The molecule has 180 valence electrons. The molecule has 1 aliphatic rings. The molecule has 1 saturated heterocycles. The third-order valence-electron chi connectivity index (χ3n) is 5.68. The van der Waals surface area contributed by atoms with Gasteiger partial charge in [0.15, 0.2) is 0 Å². The van der Waals surface area contributed by atoms with Gasteiger partial charge in [0.1, 0.15) is 17.2 Å². The first-order valence-corrected chi connectivity index (χ1v) is 14.0. The van der Waals surface area contributed by atoms with Crippen LogP contribution in [0.5, 0.6) is 17.2 Å². The van der Waals surface area contributed by atoms with Crippen molar-refractivity contribution < 1.29 is 23.5 Å². The van der Waals surface area contributed by atoms with Crippen LogP contribution in [0.15, 0.2) is 59.1 Å². The molecule has 3 aromatic rings. The lowest BCUT2D eigenvalue weighted by Crippen LogP contribution is -2.15. The maximum Gasteiger partial charge on any atom is 0.335 e. The number of phenols is 1. The summed E-state index contributed by atoms with van der Waals surface area (Å²) in [5.74, 6) is 1.71. The average molecular weight is 566 g/mol. The molecule has 1 fully saturated rings. The number of phenolic OH excluding ortho intramolecular Hbond substituents is 1. The van der Waals surface area contributed by atoms with Gasteiger partial charge in [-0.25, -0.2) is 0 Å². The van der Waals surface area contributed by atoms with E-state index in [0.29, 0.717) is 29.5 Å². The van der Waals surface area contributed by atoms with Gasteiger partial charge in [-0.05, 0) is 81.9 Å². The molecule has 5 nitrogen and oxygen atoms in total. The van der Waals surface area contributed by atoms with Gasteiger partial charge in [-0.3, -0.25) is 4.57 Å². The maximum atomic E-state index is 13.5. The zero-order chi connectivity index (χ0) is 24.5. The van der Waals surface area contributed by atoms with Crippen LogP contribution in [-0.2, 0) is 19.8 Å². The molecule has 1 N–H and O–H groups in total. The third kappa shape index (κ3) is 5.87. The SMILES string of the molecule is Cc1cc(C[P@@]2(=O)OCC[C@@H](c3cccc(Cl)c3)O2)cc(Br)c1Oc1ccc(O)c(C(C)C)c1. The van der Waals surface area contributed by atoms with E-state index in [1.165, 1.54) is 0 Å². The molecule has 0 saturated carbocycles. The van der Waals surface area contributed by atoms with E-state index in [4.69, 9.17) is 25.4 Å². The molecule has 1 aliphatic heterocycles. The molecule has 0 unspecified atom stereocenters. The van der Waals surface area contributed by atoms with Crippen molar-refractivity contribution in [2.24, 2.45) is 0 Å². The number of benzene rings is 3. The summed E-state index contributed by atoms with van der Waals surface area (Å²) in [7, 11) is -3.35. The first-order valence-electron chi connectivity index (χ1n) is 11.1. The van der Waals surface area contributed by atoms with Crippen LogP contribution in [0.3, 0.4) is 0 Å². The lowest BCUT2D eigenvalue weighted by Gasteiger charge is -2.30. The zero-order valence-electron chi connectivity index (χ0n) is 19.3. The molecule has 3 aromatic carbocycles. The second-order valence-electron chi connectivity index (χ2n) is 8.74. The van der Waals surface area contributed by atoms with E-state index < -0.39 is 7.60 Å². The van der Waals surface area contributed by atoms with Gasteiger partial charge in [-0.2, -0.15) is 0 Å². The summed E-state index contributed by atoms with van der Waals surface area (Å²) < 4.78 is 31.9. The Morgan fingerprint density at radius 2 is 2.00 bits per heavy atom. The van der Waals surface area contributed by atoms with E-state index in [9.17, 15) is 9.67 Å². The molecule has 0 aromatic heterocycles. The minimum atomic E-state index is -3.35. The van der Waals surface area contributed by atoms with Crippen molar-refractivity contribution in [1.82, 2.24) is 0 Å². The second-order valence-corrected chi connectivity index (χ2v) is 12.0. The van der Waals surface area contributed by atoms with Crippen molar-refractivity contribution in [2.45, 2.75) is 45.4 Å². The Bertz CT molecular complexity index is 1220. The molecule has 0 amide bonds. The van der Waals surface area contributed by atoms with Crippen molar-refractivity contribution in [3.63, 3.8) is 0 Å².